The van der Waals surface area contributed by atoms with E-state index in [0.717, 1.165) is 69.3 Å². The number of carbonyl (C=O) groups is 1. The van der Waals surface area contributed by atoms with Crippen LogP contribution in [0, 0.1) is 0 Å². The molecule has 0 aromatic heterocycles. The van der Waals surface area contributed by atoms with Crippen molar-refractivity contribution in [2.75, 3.05) is 39.3 Å². The lowest BCUT2D eigenvalue weighted by atomic mass is 10.1. The van der Waals surface area contributed by atoms with Gasteiger partial charge in [-0.05, 0) is 64.8 Å². The van der Waals surface area contributed by atoms with Crippen LogP contribution >= 0.6 is 11.6 Å². The lowest BCUT2D eigenvalue weighted by Gasteiger charge is -2.23. The van der Waals surface area contributed by atoms with Crippen molar-refractivity contribution in [1.29, 1.82) is 0 Å². The summed E-state index contributed by atoms with van der Waals surface area (Å²) in [5, 5.41) is 7.20. The van der Waals surface area contributed by atoms with Gasteiger partial charge in [0.1, 0.15) is 0 Å². The molecule has 1 aliphatic rings. The third-order valence-electron chi connectivity index (χ3n) is 5.29. The van der Waals surface area contributed by atoms with Crippen LogP contribution in [0.4, 0.5) is 0 Å². The number of amides is 1. The highest BCUT2D eigenvalue weighted by molar-refractivity contribution is 6.29. The maximum Gasteiger partial charge on any atom is 0.220 e. The Bertz CT molecular complexity index is 692. The third kappa shape index (κ3) is 13.4. The molecule has 0 saturated carbocycles. The summed E-state index contributed by atoms with van der Waals surface area (Å²) < 4.78 is 5.93. The molecule has 1 amide bonds. The maximum atomic E-state index is 11.2. The molecule has 0 bridgehead atoms. The van der Waals surface area contributed by atoms with Gasteiger partial charge in [0, 0.05) is 49.7 Å². The van der Waals surface area contributed by atoms with Gasteiger partial charge >= 0.3 is 0 Å². The zero-order valence-electron chi connectivity index (χ0n) is 20.4. The molecule has 0 atom stereocenters. The average Bonchev–Trinajstić information content (AvgIpc) is 2.78. The summed E-state index contributed by atoms with van der Waals surface area (Å²) in [6.07, 6.45) is 16.6. The van der Waals surface area contributed by atoms with E-state index in [1.807, 2.05) is 25.2 Å². The van der Waals surface area contributed by atoms with Gasteiger partial charge in [0.2, 0.25) is 5.91 Å². The molecule has 0 aromatic carbocycles. The van der Waals surface area contributed by atoms with E-state index in [1.54, 1.807) is 0 Å². The quantitative estimate of drug-likeness (QED) is 0.193. The number of allylic oxidation sites excluding steroid dienone is 9. The number of carbonyl (C=O) groups excluding carboxylic acids is 1. The van der Waals surface area contributed by atoms with Gasteiger partial charge in [-0.2, -0.15) is 0 Å². The first-order valence-electron chi connectivity index (χ1n) is 11.9. The van der Waals surface area contributed by atoms with E-state index >= 15 is 0 Å². The van der Waals surface area contributed by atoms with Crippen LogP contribution in [0.25, 0.3) is 0 Å². The first-order chi connectivity index (χ1) is 15.5. The molecule has 0 aliphatic carbocycles. The minimum Gasteiger partial charge on any atom is -0.498 e. The number of nitrogens with one attached hydrogen (secondary N) is 2. The number of nitrogens with zero attached hydrogens (tertiary/aromatic N) is 1. The minimum atomic E-state index is 0.142. The van der Waals surface area contributed by atoms with E-state index in [9.17, 15) is 4.79 Å². The van der Waals surface area contributed by atoms with Crippen molar-refractivity contribution in [2.24, 2.45) is 0 Å². The monoisotopic (exact) mass is 463 g/mol. The number of unbranched alkanes of at least 4 members (excludes halogenated alkanes) is 1. The highest BCUT2D eigenvalue weighted by Crippen LogP contribution is 2.12. The van der Waals surface area contributed by atoms with Crippen LogP contribution in [0.2, 0.25) is 0 Å². The molecule has 1 fully saturated rings. The first-order valence-corrected chi connectivity index (χ1v) is 12.2. The molecular formula is C26H42ClN3O2. The van der Waals surface area contributed by atoms with E-state index < -0.39 is 0 Å². The molecule has 1 saturated heterocycles. The smallest absolute Gasteiger partial charge is 0.220 e. The second kappa shape index (κ2) is 17.6. The molecular weight excluding hydrogens is 422 g/mol. The van der Waals surface area contributed by atoms with Crippen LogP contribution < -0.4 is 10.6 Å². The highest BCUT2D eigenvalue weighted by atomic mass is 35.5. The van der Waals surface area contributed by atoms with Gasteiger partial charge in [0.05, 0.1) is 12.4 Å². The van der Waals surface area contributed by atoms with Gasteiger partial charge in [0.15, 0.2) is 0 Å². The van der Waals surface area contributed by atoms with Crippen LogP contribution in [-0.2, 0) is 9.53 Å². The molecule has 1 aliphatic heterocycles. The normalized spacial score (nSPS) is 17.2. The lowest BCUT2D eigenvalue weighted by molar-refractivity contribution is -0.121. The number of ether oxygens (including phenoxy) is 1. The van der Waals surface area contributed by atoms with Crippen LogP contribution in [0.3, 0.4) is 0 Å². The van der Waals surface area contributed by atoms with Crippen molar-refractivity contribution in [3.63, 3.8) is 0 Å². The van der Waals surface area contributed by atoms with Gasteiger partial charge in [-0.3, -0.25) is 4.79 Å². The fraction of sp³-hybridized carbons (Fsp3) is 0.577. The number of hydrogen-bond donors (Lipinski definition) is 2. The Morgan fingerprint density at radius 1 is 1.12 bits per heavy atom. The summed E-state index contributed by atoms with van der Waals surface area (Å²) in [5.74, 6) is 1.15. The zero-order valence-corrected chi connectivity index (χ0v) is 21.1. The second-order valence-electron chi connectivity index (χ2n) is 7.92. The fourth-order valence-corrected chi connectivity index (χ4v) is 3.32. The molecule has 1 rings (SSSR count). The average molecular weight is 464 g/mol. The number of hydrogen-bond acceptors (Lipinski definition) is 4. The van der Waals surface area contributed by atoms with Crippen molar-refractivity contribution in [2.45, 2.75) is 59.8 Å². The fourth-order valence-electron chi connectivity index (χ4n) is 3.25. The Labute approximate surface area is 200 Å². The summed E-state index contributed by atoms with van der Waals surface area (Å²) in [4.78, 5) is 13.6. The Morgan fingerprint density at radius 2 is 1.91 bits per heavy atom. The van der Waals surface area contributed by atoms with Crippen LogP contribution in [0.15, 0.2) is 58.5 Å². The predicted molar refractivity (Wildman–Crippen MR) is 137 cm³/mol. The van der Waals surface area contributed by atoms with E-state index in [0.29, 0.717) is 13.0 Å². The molecule has 0 unspecified atom stereocenters. The first kappa shape index (κ1) is 28.1. The summed E-state index contributed by atoms with van der Waals surface area (Å²) in [6, 6.07) is 0. The van der Waals surface area contributed by atoms with Crippen LogP contribution in [0.5, 0.6) is 0 Å². The molecule has 0 spiro atoms. The summed E-state index contributed by atoms with van der Waals surface area (Å²) in [5.41, 5.74) is 2.51. The minimum absolute atomic E-state index is 0.142. The third-order valence-corrected chi connectivity index (χ3v) is 5.41. The second-order valence-corrected chi connectivity index (χ2v) is 8.52. The van der Waals surface area contributed by atoms with Gasteiger partial charge in [0.25, 0.3) is 0 Å². The van der Waals surface area contributed by atoms with Crippen molar-refractivity contribution < 1.29 is 9.53 Å². The van der Waals surface area contributed by atoms with Gasteiger partial charge in [-0.1, -0.05) is 42.3 Å². The van der Waals surface area contributed by atoms with E-state index in [1.165, 1.54) is 11.3 Å². The molecule has 5 nitrogen and oxygen atoms in total. The van der Waals surface area contributed by atoms with E-state index in [2.05, 4.69) is 54.5 Å². The number of likely N-dealkylation sites (N-methyl/N-ethyl adjacent to an activating group) is 1. The summed E-state index contributed by atoms with van der Waals surface area (Å²) in [7, 11) is 0. The Kier molecular flexibility index (Phi) is 15.4. The Hall–Kier alpha value is -1.98. The van der Waals surface area contributed by atoms with E-state index in [4.69, 9.17) is 16.3 Å². The zero-order chi connectivity index (χ0) is 23.6. The van der Waals surface area contributed by atoms with Gasteiger partial charge < -0.3 is 20.3 Å². The van der Waals surface area contributed by atoms with Crippen molar-refractivity contribution in [3.8, 4) is 0 Å². The van der Waals surface area contributed by atoms with Crippen molar-refractivity contribution in [1.82, 2.24) is 15.5 Å². The summed E-state index contributed by atoms with van der Waals surface area (Å²) >= 11 is 5.83. The van der Waals surface area contributed by atoms with Crippen LogP contribution in [0.1, 0.15) is 59.8 Å². The molecule has 1 heterocycles. The van der Waals surface area contributed by atoms with E-state index in [-0.39, 0.29) is 5.91 Å². The lowest BCUT2D eigenvalue weighted by Crippen LogP contribution is -2.31. The van der Waals surface area contributed by atoms with Crippen molar-refractivity contribution >= 4 is 17.5 Å². The predicted octanol–water partition coefficient (Wildman–Crippen LogP) is 5.43. The number of rotatable bonds is 15. The molecule has 32 heavy (non-hydrogen) atoms. The Balaban J connectivity index is 2.18. The molecule has 0 aromatic rings. The number of halogens is 1. The maximum absolute atomic E-state index is 11.2. The SMILES string of the molecule is CC/C(=C\C=C1\CCC(=O)NC1)OCCCCNCCN(CC)/C(C)=C/C=C\C=C(/C)Cl. The van der Waals surface area contributed by atoms with Crippen LogP contribution in [-0.4, -0.2) is 50.1 Å². The molecule has 180 valence electrons. The summed E-state index contributed by atoms with van der Waals surface area (Å²) in [6.45, 7) is 13.6. The van der Waals surface area contributed by atoms with Gasteiger partial charge in [-0.25, -0.2) is 0 Å². The topological polar surface area (TPSA) is 53.6 Å². The molecule has 0 radical (unpaired) electrons. The molecule has 2 N–H and O–H groups in total. The largest absolute Gasteiger partial charge is 0.498 e. The standard InChI is InChI=1S/C26H42ClN3O2/c1-5-25(15-13-24-14-16-26(31)29-21-24)32-20-10-9-17-28-18-19-30(6-2)23(4)12-8-7-11-22(3)27/h7-8,11-13,15,28H,5-6,9-10,14,16-21H2,1-4H3,(H,29,31)/b8-7-,22-11+,23-12+,24-13-,25-15+. The highest BCUT2D eigenvalue weighted by Gasteiger charge is 2.10. The number of piperidine rings is 1. The molecule has 6 heteroatoms. The Morgan fingerprint density at radius 3 is 2.56 bits per heavy atom. The van der Waals surface area contributed by atoms with Crippen molar-refractivity contribution in [3.05, 3.63) is 58.5 Å². The van der Waals surface area contributed by atoms with Gasteiger partial charge in [-0.15, -0.1) is 0 Å².